The van der Waals surface area contributed by atoms with E-state index in [9.17, 15) is 15.4 Å². The fourth-order valence-corrected chi connectivity index (χ4v) is 2.88. The molecule has 24 heavy (non-hydrogen) atoms. The summed E-state index contributed by atoms with van der Waals surface area (Å²) in [5, 5.41) is 20.4. The predicted molar refractivity (Wildman–Crippen MR) is 99.6 cm³/mol. The summed E-state index contributed by atoms with van der Waals surface area (Å²) in [6.07, 6.45) is 1.87. The molecule has 0 spiro atoms. The zero-order valence-corrected chi connectivity index (χ0v) is 16.1. The van der Waals surface area contributed by atoms with Gasteiger partial charge in [0.15, 0.2) is 5.56 Å². The maximum Gasteiger partial charge on any atom is 0.288 e. The molecule has 0 aromatic heterocycles. The molecule has 1 aromatic rings. The molecule has 0 radical (unpaired) electrons. The standard InChI is InChI=1S/C15H21ClN4O2.C2H6/c1-5-9-19(14(6-2)18(3)4)13-8-7-12(20(21)22)11(10-17)15(13)16;1-2/h7-8,14H,5-6,9H2,1-4H3;1-2H3. The number of hydrogen-bond donors (Lipinski definition) is 0. The van der Waals surface area contributed by atoms with Crippen molar-refractivity contribution in [3.05, 3.63) is 32.8 Å². The molecule has 0 saturated carbocycles. The molecule has 134 valence electrons. The summed E-state index contributed by atoms with van der Waals surface area (Å²) in [6.45, 7) is 8.87. The van der Waals surface area contributed by atoms with Crippen LogP contribution in [0.5, 0.6) is 0 Å². The van der Waals surface area contributed by atoms with E-state index in [0.29, 0.717) is 5.69 Å². The van der Waals surface area contributed by atoms with Gasteiger partial charge in [-0.05, 0) is 33.0 Å². The van der Waals surface area contributed by atoms with Crippen molar-refractivity contribution in [3.8, 4) is 6.07 Å². The quantitative estimate of drug-likeness (QED) is 0.404. The van der Waals surface area contributed by atoms with Crippen LogP contribution >= 0.6 is 11.6 Å². The molecule has 1 aromatic carbocycles. The van der Waals surface area contributed by atoms with Crippen LogP contribution in [0.1, 0.15) is 46.1 Å². The molecule has 0 aliphatic heterocycles. The van der Waals surface area contributed by atoms with Gasteiger partial charge in [-0.25, -0.2) is 0 Å². The average molecular weight is 355 g/mol. The average Bonchev–Trinajstić information content (AvgIpc) is 2.56. The minimum Gasteiger partial charge on any atom is -0.355 e. The van der Waals surface area contributed by atoms with Gasteiger partial charge >= 0.3 is 0 Å². The van der Waals surface area contributed by atoms with Crippen molar-refractivity contribution in [2.45, 2.75) is 46.7 Å². The molecular weight excluding hydrogens is 328 g/mol. The van der Waals surface area contributed by atoms with Gasteiger partial charge in [-0.15, -0.1) is 0 Å². The highest BCUT2D eigenvalue weighted by molar-refractivity contribution is 6.34. The first-order valence-corrected chi connectivity index (χ1v) is 8.56. The summed E-state index contributed by atoms with van der Waals surface area (Å²) in [5.74, 6) is 0. The van der Waals surface area contributed by atoms with E-state index in [1.54, 1.807) is 6.07 Å². The predicted octanol–water partition coefficient (Wildman–Crippen LogP) is 4.66. The first kappa shape index (κ1) is 22.2. The van der Waals surface area contributed by atoms with Crippen LogP contribution in [0.25, 0.3) is 0 Å². The lowest BCUT2D eigenvalue weighted by atomic mass is 10.1. The minimum atomic E-state index is -0.582. The van der Waals surface area contributed by atoms with E-state index >= 15 is 0 Å². The van der Waals surface area contributed by atoms with E-state index in [1.807, 2.05) is 34.0 Å². The van der Waals surface area contributed by atoms with Gasteiger partial charge in [-0.2, -0.15) is 5.26 Å². The van der Waals surface area contributed by atoms with Crippen LogP contribution in [0, 0.1) is 21.4 Å². The van der Waals surface area contributed by atoms with Gasteiger partial charge in [0.1, 0.15) is 6.07 Å². The Balaban J connectivity index is 0.00000254. The monoisotopic (exact) mass is 354 g/mol. The number of halogens is 1. The van der Waals surface area contributed by atoms with Gasteiger partial charge in [0, 0.05) is 12.6 Å². The Kier molecular flexibility index (Phi) is 10.0. The molecular formula is C17H27ClN4O2. The molecule has 0 amide bonds. The molecule has 0 fully saturated rings. The SMILES string of the molecule is CC.CCCN(c1ccc([N+](=O)[O-])c(C#N)c1Cl)C(CC)N(C)C. The van der Waals surface area contributed by atoms with Crippen LogP contribution in [-0.4, -0.2) is 36.6 Å². The maximum absolute atomic E-state index is 11.0. The number of rotatable bonds is 7. The summed E-state index contributed by atoms with van der Waals surface area (Å²) < 4.78 is 0. The van der Waals surface area contributed by atoms with Crippen molar-refractivity contribution >= 4 is 23.0 Å². The fourth-order valence-electron chi connectivity index (χ4n) is 2.57. The third-order valence-corrected chi connectivity index (χ3v) is 3.89. The second kappa shape index (κ2) is 10.8. The van der Waals surface area contributed by atoms with Crippen LogP contribution in [0.4, 0.5) is 11.4 Å². The van der Waals surface area contributed by atoms with Crippen LogP contribution in [0.15, 0.2) is 12.1 Å². The summed E-state index contributed by atoms with van der Waals surface area (Å²) in [5.41, 5.74) is 0.315. The molecule has 0 N–H and O–H groups in total. The van der Waals surface area contributed by atoms with E-state index in [2.05, 4.69) is 23.6 Å². The smallest absolute Gasteiger partial charge is 0.288 e. The van der Waals surface area contributed by atoms with Gasteiger partial charge in [-0.1, -0.05) is 39.3 Å². The van der Waals surface area contributed by atoms with E-state index in [1.165, 1.54) is 6.07 Å². The Morgan fingerprint density at radius 2 is 1.92 bits per heavy atom. The van der Waals surface area contributed by atoms with E-state index in [4.69, 9.17) is 11.6 Å². The van der Waals surface area contributed by atoms with Crippen LogP contribution in [0.3, 0.4) is 0 Å². The third kappa shape index (κ3) is 5.08. The van der Waals surface area contributed by atoms with Crippen molar-refractivity contribution in [1.29, 1.82) is 5.26 Å². The van der Waals surface area contributed by atoms with Gasteiger partial charge in [0.25, 0.3) is 5.69 Å². The van der Waals surface area contributed by atoms with E-state index < -0.39 is 4.92 Å². The lowest BCUT2D eigenvalue weighted by molar-refractivity contribution is -0.385. The number of nitrogens with zero attached hydrogens (tertiary/aromatic N) is 4. The van der Waals surface area contributed by atoms with Crippen molar-refractivity contribution in [2.24, 2.45) is 0 Å². The minimum absolute atomic E-state index is 0.0844. The number of benzene rings is 1. The van der Waals surface area contributed by atoms with Gasteiger partial charge in [0.2, 0.25) is 0 Å². The van der Waals surface area contributed by atoms with Crippen LogP contribution in [0.2, 0.25) is 5.02 Å². The highest BCUT2D eigenvalue weighted by atomic mass is 35.5. The molecule has 1 atom stereocenters. The van der Waals surface area contributed by atoms with Crippen LogP contribution < -0.4 is 4.90 Å². The van der Waals surface area contributed by atoms with Crippen LogP contribution in [-0.2, 0) is 0 Å². The molecule has 0 saturated heterocycles. The lowest BCUT2D eigenvalue weighted by Crippen LogP contribution is -2.45. The summed E-state index contributed by atoms with van der Waals surface area (Å²) >= 11 is 6.31. The Hall–Kier alpha value is -1.84. The Morgan fingerprint density at radius 1 is 1.33 bits per heavy atom. The van der Waals surface area contributed by atoms with Crippen molar-refractivity contribution in [1.82, 2.24) is 4.90 Å². The first-order chi connectivity index (χ1) is 11.4. The molecule has 7 heteroatoms. The van der Waals surface area contributed by atoms with Crippen molar-refractivity contribution < 1.29 is 4.92 Å². The highest BCUT2D eigenvalue weighted by Gasteiger charge is 2.26. The van der Waals surface area contributed by atoms with Crippen molar-refractivity contribution in [3.63, 3.8) is 0 Å². The third-order valence-electron chi connectivity index (χ3n) is 3.50. The lowest BCUT2D eigenvalue weighted by Gasteiger charge is -2.37. The maximum atomic E-state index is 11.0. The normalized spacial score (nSPS) is 11.3. The summed E-state index contributed by atoms with van der Waals surface area (Å²) in [7, 11) is 3.95. The fraction of sp³-hybridized carbons (Fsp3) is 0.588. The molecule has 0 bridgehead atoms. The summed E-state index contributed by atoms with van der Waals surface area (Å²) in [4.78, 5) is 14.6. The Morgan fingerprint density at radius 3 is 2.29 bits per heavy atom. The molecule has 1 rings (SSSR count). The summed E-state index contributed by atoms with van der Waals surface area (Å²) in [6, 6.07) is 4.83. The molecule has 1 unspecified atom stereocenters. The molecule has 6 nitrogen and oxygen atoms in total. The zero-order chi connectivity index (χ0) is 18.9. The molecule has 0 heterocycles. The van der Waals surface area contributed by atoms with Gasteiger partial charge in [0.05, 0.1) is 21.8 Å². The Bertz CT molecular complexity index is 585. The van der Waals surface area contributed by atoms with E-state index in [0.717, 1.165) is 19.4 Å². The number of anilines is 1. The van der Waals surface area contributed by atoms with Crippen molar-refractivity contribution in [2.75, 3.05) is 25.5 Å². The Labute approximate surface area is 149 Å². The topological polar surface area (TPSA) is 73.4 Å². The number of nitro benzene ring substituents is 1. The molecule has 0 aliphatic carbocycles. The number of nitro groups is 1. The second-order valence-electron chi connectivity index (χ2n) is 5.21. The largest absolute Gasteiger partial charge is 0.355 e. The first-order valence-electron chi connectivity index (χ1n) is 8.19. The zero-order valence-electron chi connectivity index (χ0n) is 15.3. The second-order valence-corrected chi connectivity index (χ2v) is 5.59. The number of hydrogen-bond acceptors (Lipinski definition) is 5. The van der Waals surface area contributed by atoms with Gasteiger partial charge < -0.3 is 4.90 Å². The molecule has 0 aliphatic rings. The highest BCUT2D eigenvalue weighted by Crippen LogP contribution is 2.36. The van der Waals surface area contributed by atoms with E-state index in [-0.39, 0.29) is 22.4 Å². The number of nitriles is 1. The van der Waals surface area contributed by atoms with Gasteiger partial charge in [-0.3, -0.25) is 15.0 Å².